The SMILES string of the molecule is CCN(C(=O)OCc1ccccc1)C(Cc1ccc(C)cc1)C(=O)N(C)CC(=O)OC(C)(C)C. The van der Waals surface area contributed by atoms with Gasteiger partial charge in [0.1, 0.15) is 24.8 Å². The highest BCUT2D eigenvalue weighted by molar-refractivity contribution is 5.88. The van der Waals surface area contributed by atoms with Crippen LogP contribution in [0.25, 0.3) is 0 Å². The average Bonchev–Trinajstić information content (AvgIpc) is 2.77. The molecule has 1 unspecified atom stereocenters. The van der Waals surface area contributed by atoms with Crippen LogP contribution in [0.3, 0.4) is 0 Å². The number of ether oxygens (including phenoxy) is 2. The fraction of sp³-hybridized carbons (Fsp3) is 0.444. The molecule has 34 heavy (non-hydrogen) atoms. The largest absolute Gasteiger partial charge is 0.459 e. The molecule has 0 saturated heterocycles. The number of esters is 1. The van der Waals surface area contributed by atoms with Gasteiger partial charge in [-0.2, -0.15) is 0 Å². The number of carbonyl (C=O) groups is 3. The van der Waals surface area contributed by atoms with E-state index in [-0.39, 0.29) is 25.6 Å². The molecule has 2 amide bonds. The lowest BCUT2D eigenvalue weighted by Crippen LogP contribution is -2.52. The van der Waals surface area contributed by atoms with Crippen LogP contribution < -0.4 is 0 Å². The maximum Gasteiger partial charge on any atom is 0.410 e. The monoisotopic (exact) mass is 468 g/mol. The van der Waals surface area contributed by atoms with Gasteiger partial charge < -0.3 is 14.4 Å². The lowest BCUT2D eigenvalue weighted by molar-refractivity contribution is -0.159. The Balaban J connectivity index is 2.21. The molecule has 184 valence electrons. The number of nitrogens with zero attached hydrogens (tertiary/aromatic N) is 2. The molecule has 0 bridgehead atoms. The Morgan fingerprint density at radius 1 is 0.941 bits per heavy atom. The number of hydrogen-bond acceptors (Lipinski definition) is 5. The van der Waals surface area contributed by atoms with Crippen molar-refractivity contribution in [1.29, 1.82) is 0 Å². The first-order chi connectivity index (χ1) is 16.0. The third-order valence-corrected chi connectivity index (χ3v) is 5.15. The van der Waals surface area contributed by atoms with Crippen molar-refractivity contribution >= 4 is 18.0 Å². The molecular formula is C27H36N2O5. The van der Waals surface area contributed by atoms with Gasteiger partial charge in [-0.25, -0.2) is 4.79 Å². The minimum Gasteiger partial charge on any atom is -0.459 e. The van der Waals surface area contributed by atoms with Crippen LogP contribution in [0, 0.1) is 6.92 Å². The Labute approximate surface area is 202 Å². The summed E-state index contributed by atoms with van der Waals surface area (Å²) in [6.45, 7) is 9.27. The van der Waals surface area contributed by atoms with Crippen LogP contribution in [0.5, 0.6) is 0 Å². The van der Waals surface area contributed by atoms with Gasteiger partial charge in [0.25, 0.3) is 0 Å². The molecule has 7 nitrogen and oxygen atoms in total. The zero-order valence-electron chi connectivity index (χ0n) is 21.0. The van der Waals surface area contributed by atoms with Crippen molar-refractivity contribution in [3.05, 3.63) is 71.3 Å². The minimum absolute atomic E-state index is 0.107. The Kier molecular flexibility index (Phi) is 9.66. The third kappa shape index (κ3) is 8.54. The molecule has 0 aliphatic rings. The van der Waals surface area contributed by atoms with Crippen LogP contribution in [-0.4, -0.2) is 59.5 Å². The van der Waals surface area contributed by atoms with Crippen LogP contribution in [0.2, 0.25) is 0 Å². The van der Waals surface area contributed by atoms with Crippen molar-refractivity contribution in [2.45, 2.75) is 59.3 Å². The van der Waals surface area contributed by atoms with Crippen molar-refractivity contribution in [3.63, 3.8) is 0 Å². The summed E-state index contributed by atoms with van der Waals surface area (Å²) in [5, 5.41) is 0. The molecule has 0 radical (unpaired) electrons. The van der Waals surface area contributed by atoms with Gasteiger partial charge in [0.05, 0.1) is 0 Å². The minimum atomic E-state index is -0.830. The van der Waals surface area contributed by atoms with Crippen LogP contribution >= 0.6 is 0 Å². The van der Waals surface area contributed by atoms with Gasteiger partial charge in [-0.05, 0) is 45.7 Å². The molecule has 0 heterocycles. The first-order valence-corrected chi connectivity index (χ1v) is 11.5. The summed E-state index contributed by atoms with van der Waals surface area (Å²) >= 11 is 0. The van der Waals surface area contributed by atoms with E-state index in [0.717, 1.165) is 16.7 Å². The molecule has 7 heteroatoms. The molecule has 0 aliphatic heterocycles. The number of amides is 2. The highest BCUT2D eigenvalue weighted by Gasteiger charge is 2.33. The van der Waals surface area contributed by atoms with Crippen LogP contribution in [0.1, 0.15) is 44.4 Å². The van der Waals surface area contributed by atoms with E-state index >= 15 is 0 Å². The molecule has 0 aromatic heterocycles. The molecular weight excluding hydrogens is 432 g/mol. The normalized spacial score (nSPS) is 11.9. The van der Waals surface area contributed by atoms with Gasteiger partial charge in [-0.1, -0.05) is 60.2 Å². The fourth-order valence-electron chi connectivity index (χ4n) is 3.46. The van der Waals surface area contributed by atoms with Gasteiger partial charge in [-0.3, -0.25) is 14.5 Å². The predicted molar refractivity (Wildman–Crippen MR) is 131 cm³/mol. The Morgan fingerprint density at radius 3 is 2.12 bits per heavy atom. The second-order valence-electron chi connectivity index (χ2n) is 9.31. The lowest BCUT2D eigenvalue weighted by atomic mass is 10.0. The van der Waals surface area contributed by atoms with Crippen molar-refractivity contribution in [2.24, 2.45) is 0 Å². The summed E-state index contributed by atoms with van der Waals surface area (Å²) < 4.78 is 10.9. The van der Waals surface area contributed by atoms with Gasteiger partial charge in [0.2, 0.25) is 5.91 Å². The molecule has 2 rings (SSSR count). The third-order valence-electron chi connectivity index (χ3n) is 5.15. The second kappa shape index (κ2) is 12.2. The molecule has 0 N–H and O–H groups in total. The van der Waals surface area contributed by atoms with E-state index in [1.165, 1.54) is 16.8 Å². The maximum atomic E-state index is 13.5. The summed E-state index contributed by atoms with van der Waals surface area (Å²) in [5.41, 5.74) is 2.21. The second-order valence-corrected chi connectivity index (χ2v) is 9.31. The summed E-state index contributed by atoms with van der Waals surface area (Å²) in [4.78, 5) is 41.5. The highest BCUT2D eigenvalue weighted by atomic mass is 16.6. The smallest absolute Gasteiger partial charge is 0.410 e. The number of likely N-dealkylation sites (N-methyl/N-ethyl adjacent to an activating group) is 2. The van der Waals surface area contributed by atoms with E-state index in [0.29, 0.717) is 6.42 Å². The van der Waals surface area contributed by atoms with E-state index in [1.54, 1.807) is 27.7 Å². The Bertz CT molecular complexity index is 951. The quantitative estimate of drug-likeness (QED) is 0.511. The van der Waals surface area contributed by atoms with Crippen molar-refractivity contribution in [1.82, 2.24) is 9.80 Å². The summed E-state index contributed by atoms with van der Waals surface area (Å²) in [6, 6.07) is 16.3. The molecule has 0 spiro atoms. The molecule has 1 atom stereocenters. The standard InChI is InChI=1S/C27H36N2O5/c1-7-29(26(32)33-19-22-11-9-8-10-12-22)23(17-21-15-13-20(2)14-16-21)25(31)28(6)18-24(30)34-27(3,4)5/h8-16,23H,7,17-19H2,1-6H3. The molecule has 0 saturated carbocycles. The molecule has 0 aliphatic carbocycles. The number of carbonyl (C=O) groups excluding carboxylic acids is 3. The summed E-state index contributed by atoms with van der Waals surface area (Å²) in [5.74, 6) is -0.864. The summed E-state index contributed by atoms with van der Waals surface area (Å²) in [6.07, 6.45) is -0.283. The predicted octanol–water partition coefficient (Wildman–Crippen LogP) is 4.36. The maximum absolute atomic E-state index is 13.5. The van der Waals surface area contributed by atoms with Gasteiger partial charge >= 0.3 is 12.1 Å². The molecule has 0 fully saturated rings. The fourth-order valence-corrected chi connectivity index (χ4v) is 3.46. The summed E-state index contributed by atoms with van der Waals surface area (Å²) in [7, 11) is 1.54. The van der Waals surface area contributed by atoms with Crippen molar-refractivity contribution in [3.8, 4) is 0 Å². The molecule has 2 aromatic carbocycles. The van der Waals surface area contributed by atoms with E-state index in [1.807, 2.05) is 61.5 Å². The number of aryl methyl sites for hydroxylation is 1. The number of benzene rings is 2. The van der Waals surface area contributed by atoms with Gasteiger partial charge in [0, 0.05) is 20.0 Å². The van der Waals surface area contributed by atoms with Gasteiger partial charge in [-0.15, -0.1) is 0 Å². The van der Waals surface area contributed by atoms with Crippen molar-refractivity contribution in [2.75, 3.05) is 20.1 Å². The van der Waals surface area contributed by atoms with E-state index in [9.17, 15) is 14.4 Å². The lowest BCUT2D eigenvalue weighted by Gasteiger charge is -2.32. The Hall–Kier alpha value is -3.35. The van der Waals surface area contributed by atoms with Gasteiger partial charge in [0.15, 0.2) is 0 Å². The zero-order valence-corrected chi connectivity index (χ0v) is 21.0. The first-order valence-electron chi connectivity index (χ1n) is 11.5. The topological polar surface area (TPSA) is 76.2 Å². The van der Waals surface area contributed by atoms with Crippen LogP contribution in [0.15, 0.2) is 54.6 Å². The molecule has 2 aromatic rings. The highest BCUT2D eigenvalue weighted by Crippen LogP contribution is 2.16. The van der Waals surface area contributed by atoms with Crippen molar-refractivity contribution < 1.29 is 23.9 Å². The Morgan fingerprint density at radius 2 is 1.56 bits per heavy atom. The first kappa shape index (κ1) is 26.9. The van der Waals surface area contributed by atoms with Crippen LogP contribution in [0.4, 0.5) is 4.79 Å². The number of rotatable bonds is 9. The van der Waals surface area contributed by atoms with E-state index in [4.69, 9.17) is 9.47 Å². The van der Waals surface area contributed by atoms with Crippen LogP contribution in [-0.2, 0) is 32.1 Å². The number of hydrogen-bond donors (Lipinski definition) is 0. The van der Waals surface area contributed by atoms with E-state index < -0.39 is 23.7 Å². The van der Waals surface area contributed by atoms with E-state index in [2.05, 4.69) is 0 Å². The zero-order chi connectivity index (χ0) is 25.3. The average molecular weight is 469 g/mol.